The van der Waals surface area contributed by atoms with E-state index < -0.39 is 0 Å². The highest BCUT2D eigenvalue weighted by atomic mass is 32.2. The Bertz CT molecular complexity index is 304. The second-order valence-corrected chi connectivity index (χ2v) is 5.90. The quantitative estimate of drug-likeness (QED) is 0.860. The molecule has 1 N–H and O–H groups in total. The van der Waals surface area contributed by atoms with E-state index in [4.69, 9.17) is 0 Å². The molecule has 0 unspecified atom stereocenters. The van der Waals surface area contributed by atoms with Crippen LogP contribution in [0.5, 0.6) is 0 Å². The van der Waals surface area contributed by atoms with Crippen molar-refractivity contribution in [2.75, 3.05) is 19.3 Å². The fourth-order valence-corrected chi connectivity index (χ4v) is 3.37. The van der Waals surface area contributed by atoms with Gasteiger partial charge in [-0.3, -0.25) is 0 Å². The van der Waals surface area contributed by atoms with Crippen LogP contribution in [0.1, 0.15) is 24.8 Å². The Morgan fingerprint density at radius 2 is 1.88 bits per heavy atom. The van der Waals surface area contributed by atoms with E-state index in [-0.39, 0.29) is 0 Å². The highest BCUT2D eigenvalue weighted by Gasteiger charge is 2.30. The molecule has 0 saturated carbocycles. The molecule has 88 valence electrons. The van der Waals surface area contributed by atoms with Crippen LogP contribution in [-0.2, 0) is 6.42 Å². The Balaban J connectivity index is 1.92. The molecule has 0 radical (unpaired) electrons. The zero-order valence-electron chi connectivity index (χ0n) is 10.0. The Morgan fingerprint density at radius 1 is 1.19 bits per heavy atom. The minimum atomic E-state index is 0.529. The summed E-state index contributed by atoms with van der Waals surface area (Å²) >= 11 is 2.07. The molecule has 0 atom stereocenters. The van der Waals surface area contributed by atoms with Crippen molar-refractivity contribution in [1.82, 2.24) is 5.32 Å². The van der Waals surface area contributed by atoms with Gasteiger partial charge in [0.15, 0.2) is 0 Å². The summed E-state index contributed by atoms with van der Waals surface area (Å²) in [4.78, 5) is 0. The van der Waals surface area contributed by atoms with Crippen LogP contribution in [0, 0.1) is 0 Å². The minimum absolute atomic E-state index is 0.529. The van der Waals surface area contributed by atoms with E-state index in [1.165, 1.54) is 44.3 Å². The van der Waals surface area contributed by atoms with Crippen molar-refractivity contribution >= 4 is 11.8 Å². The molecule has 1 nitrogen and oxygen atoms in total. The summed E-state index contributed by atoms with van der Waals surface area (Å²) in [6.45, 7) is 2.38. The topological polar surface area (TPSA) is 12.0 Å². The zero-order chi connectivity index (χ0) is 11.3. The molecule has 1 saturated heterocycles. The summed E-state index contributed by atoms with van der Waals surface area (Å²) in [5.41, 5.74) is 1.48. The maximum Gasteiger partial charge on any atom is 0.0184 e. The number of hydrogen-bond donors (Lipinski definition) is 1. The van der Waals surface area contributed by atoms with Crippen LogP contribution in [0.25, 0.3) is 0 Å². The summed E-state index contributed by atoms with van der Waals surface area (Å²) in [6, 6.07) is 10.9. The predicted molar refractivity (Wildman–Crippen MR) is 73.1 cm³/mol. The standard InChI is InChI=1S/C14H21NS/c1-16-14(9-11-15-12-10-14)8-7-13-5-3-2-4-6-13/h2-6,15H,7-12H2,1H3. The average molecular weight is 235 g/mol. The van der Waals surface area contributed by atoms with E-state index in [0.717, 1.165) is 0 Å². The molecule has 0 amide bonds. The first-order chi connectivity index (χ1) is 7.85. The van der Waals surface area contributed by atoms with Gasteiger partial charge in [0.1, 0.15) is 0 Å². The van der Waals surface area contributed by atoms with E-state index in [1.807, 2.05) is 0 Å². The number of piperidine rings is 1. The monoisotopic (exact) mass is 235 g/mol. The van der Waals surface area contributed by atoms with Crippen molar-refractivity contribution in [3.63, 3.8) is 0 Å². The Hall–Kier alpha value is -0.470. The lowest BCUT2D eigenvalue weighted by Crippen LogP contribution is -2.39. The van der Waals surface area contributed by atoms with Crippen LogP contribution in [0.4, 0.5) is 0 Å². The maximum absolute atomic E-state index is 3.46. The fraction of sp³-hybridized carbons (Fsp3) is 0.571. The van der Waals surface area contributed by atoms with Crippen molar-refractivity contribution in [3.05, 3.63) is 35.9 Å². The number of rotatable bonds is 4. The van der Waals surface area contributed by atoms with Crippen LogP contribution in [0.15, 0.2) is 30.3 Å². The molecule has 1 fully saturated rings. The lowest BCUT2D eigenvalue weighted by molar-refractivity contribution is 0.394. The number of hydrogen-bond acceptors (Lipinski definition) is 2. The molecule has 0 aromatic heterocycles. The van der Waals surface area contributed by atoms with Crippen molar-refractivity contribution in [1.29, 1.82) is 0 Å². The number of benzene rings is 1. The molecule has 2 heteroatoms. The molecule has 2 rings (SSSR count). The van der Waals surface area contributed by atoms with Crippen molar-refractivity contribution in [2.45, 2.75) is 30.4 Å². The third-order valence-electron chi connectivity index (χ3n) is 3.66. The predicted octanol–water partition coefficient (Wildman–Crippen LogP) is 3.10. The van der Waals surface area contributed by atoms with Crippen LogP contribution in [-0.4, -0.2) is 24.1 Å². The second-order valence-electron chi connectivity index (χ2n) is 4.62. The van der Waals surface area contributed by atoms with Gasteiger partial charge < -0.3 is 5.32 Å². The normalized spacial score (nSPS) is 19.6. The van der Waals surface area contributed by atoms with Gasteiger partial charge in [-0.25, -0.2) is 0 Å². The molecule has 1 aromatic carbocycles. The lowest BCUT2D eigenvalue weighted by Gasteiger charge is -2.36. The SMILES string of the molecule is CSC1(CCc2ccccc2)CCNCC1. The van der Waals surface area contributed by atoms with Crippen LogP contribution >= 0.6 is 11.8 Å². The highest BCUT2D eigenvalue weighted by Crippen LogP contribution is 2.36. The minimum Gasteiger partial charge on any atom is -0.317 e. The van der Waals surface area contributed by atoms with Gasteiger partial charge in [0.05, 0.1) is 0 Å². The van der Waals surface area contributed by atoms with Gasteiger partial charge in [0, 0.05) is 4.75 Å². The molecule has 16 heavy (non-hydrogen) atoms. The van der Waals surface area contributed by atoms with Crippen molar-refractivity contribution < 1.29 is 0 Å². The second kappa shape index (κ2) is 5.74. The maximum atomic E-state index is 3.46. The molecule has 1 aromatic rings. The molecular formula is C14H21NS. The number of thioether (sulfide) groups is 1. The van der Waals surface area contributed by atoms with E-state index in [1.54, 1.807) is 0 Å². The van der Waals surface area contributed by atoms with Crippen molar-refractivity contribution in [3.8, 4) is 0 Å². The molecule has 1 aliphatic heterocycles. The number of nitrogens with one attached hydrogen (secondary N) is 1. The van der Waals surface area contributed by atoms with Crippen molar-refractivity contribution in [2.24, 2.45) is 0 Å². The van der Waals surface area contributed by atoms with Crippen LogP contribution < -0.4 is 5.32 Å². The first-order valence-electron chi connectivity index (χ1n) is 6.14. The first-order valence-corrected chi connectivity index (χ1v) is 7.37. The number of aryl methyl sites for hydroxylation is 1. The summed E-state index contributed by atoms with van der Waals surface area (Å²) in [6.07, 6.45) is 7.46. The van der Waals surface area contributed by atoms with Crippen LogP contribution in [0.3, 0.4) is 0 Å². The summed E-state index contributed by atoms with van der Waals surface area (Å²) in [7, 11) is 0. The van der Waals surface area contributed by atoms with Gasteiger partial charge in [-0.2, -0.15) is 11.8 Å². The van der Waals surface area contributed by atoms with E-state index in [2.05, 4.69) is 53.7 Å². The summed E-state index contributed by atoms with van der Waals surface area (Å²) in [5.74, 6) is 0. The third-order valence-corrected chi connectivity index (χ3v) is 5.14. The van der Waals surface area contributed by atoms with Gasteiger partial charge in [0.2, 0.25) is 0 Å². The van der Waals surface area contributed by atoms with E-state index >= 15 is 0 Å². The summed E-state index contributed by atoms with van der Waals surface area (Å²) in [5, 5.41) is 3.46. The Labute approximate surface area is 103 Å². The summed E-state index contributed by atoms with van der Waals surface area (Å²) < 4.78 is 0.529. The Morgan fingerprint density at radius 3 is 2.50 bits per heavy atom. The lowest BCUT2D eigenvalue weighted by atomic mass is 9.90. The van der Waals surface area contributed by atoms with Gasteiger partial charge >= 0.3 is 0 Å². The van der Waals surface area contributed by atoms with Gasteiger partial charge in [0.25, 0.3) is 0 Å². The molecule has 1 aliphatic rings. The Kier molecular flexibility index (Phi) is 4.30. The third kappa shape index (κ3) is 3.02. The molecule has 1 heterocycles. The molecular weight excluding hydrogens is 214 g/mol. The largest absolute Gasteiger partial charge is 0.317 e. The van der Waals surface area contributed by atoms with E-state index in [9.17, 15) is 0 Å². The zero-order valence-corrected chi connectivity index (χ0v) is 10.9. The average Bonchev–Trinajstić information content (AvgIpc) is 2.39. The van der Waals surface area contributed by atoms with Crippen LogP contribution in [0.2, 0.25) is 0 Å². The van der Waals surface area contributed by atoms with E-state index in [0.29, 0.717) is 4.75 Å². The molecule has 0 aliphatic carbocycles. The van der Waals surface area contributed by atoms with Gasteiger partial charge in [-0.1, -0.05) is 30.3 Å². The smallest absolute Gasteiger partial charge is 0.0184 e. The highest BCUT2D eigenvalue weighted by molar-refractivity contribution is 8.00. The fourth-order valence-electron chi connectivity index (χ4n) is 2.46. The van der Waals surface area contributed by atoms with Gasteiger partial charge in [-0.15, -0.1) is 0 Å². The van der Waals surface area contributed by atoms with Gasteiger partial charge in [-0.05, 0) is 50.6 Å². The first kappa shape index (κ1) is 12.0. The molecule has 0 bridgehead atoms. The molecule has 0 spiro atoms.